The van der Waals surface area contributed by atoms with E-state index in [1.54, 1.807) is 23.5 Å². The van der Waals surface area contributed by atoms with E-state index in [4.69, 9.17) is 0 Å². The van der Waals surface area contributed by atoms with Gasteiger partial charge in [-0.15, -0.1) is 0 Å². The third-order valence-electron chi connectivity index (χ3n) is 4.59. The molecule has 0 unspecified atom stereocenters. The van der Waals surface area contributed by atoms with Crippen LogP contribution < -0.4 is 10.6 Å². The molecule has 8 nitrogen and oxygen atoms in total. The third-order valence-corrected chi connectivity index (χ3v) is 4.59. The Hall–Kier alpha value is -4.33. The highest BCUT2D eigenvalue weighted by Gasteiger charge is 2.11. The minimum absolute atomic E-state index is 0.703. The molecule has 0 amide bonds. The van der Waals surface area contributed by atoms with Gasteiger partial charge in [0.15, 0.2) is 5.65 Å². The average Bonchev–Trinajstić information content (AvgIpc) is 3.21. The quantitative estimate of drug-likeness (QED) is 0.456. The van der Waals surface area contributed by atoms with E-state index in [2.05, 4.69) is 35.7 Å². The largest absolute Gasteiger partial charge is 0.340 e. The first-order valence-corrected chi connectivity index (χ1v) is 9.43. The fourth-order valence-corrected chi connectivity index (χ4v) is 3.15. The summed E-state index contributed by atoms with van der Waals surface area (Å²) >= 11 is 0. The van der Waals surface area contributed by atoms with E-state index in [0.717, 1.165) is 39.6 Å². The van der Waals surface area contributed by atoms with Crippen molar-refractivity contribution in [3.05, 3.63) is 85.2 Å². The standard InChI is InChI=1S/C22H18N8/c1-15-11-20(24-13-23-15)28-16-7-9-17(10-8-16)29-21-19-12-27-30(22(19)26-14-25-21)18-5-3-2-4-6-18/h2-14H,1H3,(H,23,24,28)(H,25,26,29). The Morgan fingerprint density at radius 2 is 1.50 bits per heavy atom. The Labute approximate surface area is 172 Å². The van der Waals surface area contributed by atoms with Crippen molar-refractivity contribution >= 4 is 34.0 Å². The molecular formula is C22H18N8. The topological polar surface area (TPSA) is 93.4 Å². The second-order valence-electron chi connectivity index (χ2n) is 6.72. The van der Waals surface area contributed by atoms with Crippen LogP contribution in [0.2, 0.25) is 0 Å². The van der Waals surface area contributed by atoms with Crippen molar-refractivity contribution in [3.63, 3.8) is 0 Å². The molecule has 0 aliphatic carbocycles. The summed E-state index contributed by atoms with van der Waals surface area (Å²) in [6.07, 6.45) is 4.86. The van der Waals surface area contributed by atoms with Crippen LogP contribution in [0.25, 0.3) is 16.7 Å². The number of benzene rings is 2. The van der Waals surface area contributed by atoms with Crippen molar-refractivity contribution in [2.24, 2.45) is 0 Å². The van der Waals surface area contributed by atoms with Gasteiger partial charge in [0.05, 0.1) is 17.3 Å². The predicted molar refractivity (Wildman–Crippen MR) is 116 cm³/mol. The lowest BCUT2D eigenvalue weighted by Gasteiger charge is -2.09. The molecule has 2 aromatic carbocycles. The molecule has 0 aliphatic heterocycles. The lowest BCUT2D eigenvalue weighted by Crippen LogP contribution is -1.99. The Morgan fingerprint density at radius 3 is 2.27 bits per heavy atom. The summed E-state index contributed by atoms with van der Waals surface area (Å²) in [6, 6.07) is 19.7. The number of aromatic nitrogens is 6. The predicted octanol–water partition coefficient (Wildman–Crippen LogP) is 4.40. The molecule has 8 heteroatoms. The van der Waals surface area contributed by atoms with Crippen molar-refractivity contribution in [2.75, 3.05) is 10.6 Å². The number of para-hydroxylation sites is 1. The maximum atomic E-state index is 4.49. The van der Waals surface area contributed by atoms with E-state index in [9.17, 15) is 0 Å². The molecule has 5 rings (SSSR count). The third kappa shape index (κ3) is 3.53. The van der Waals surface area contributed by atoms with Crippen molar-refractivity contribution in [1.29, 1.82) is 0 Å². The molecule has 0 saturated heterocycles. The van der Waals surface area contributed by atoms with Crippen LogP contribution in [0, 0.1) is 6.92 Å². The zero-order chi connectivity index (χ0) is 20.3. The first-order chi connectivity index (χ1) is 14.8. The number of aryl methyl sites for hydroxylation is 1. The van der Waals surface area contributed by atoms with Crippen molar-refractivity contribution in [3.8, 4) is 5.69 Å². The van der Waals surface area contributed by atoms with Crippen LogP contribution >= 0.6 is 0 Å². The van der Waals surface area contributed by atoms with Gasteiger partial charge in [-0.3, -0.25) is 0 Å². The first kappa shape index (κ1) is 17.7. The molecule has 3 heterocycles. The number of anilines is 4. The van der Waals surface area contributed by atoms with Gasteiger partial charge >= 0.3 is 0 Å². The van der Waals surface area contributed by atoms with Gasteiger partial charge in [0.2, 0.25) is 0 Å². The smallest absolute Gasteiger partial charge is 0.168 e. The molecule has 0 spiro atoms. The summed E-state index contributed by atoms with van der Waals surface area (Å²) in [5.41, 5.74) is 4.45. The summed E-state index contributed by atoms with van der Waals surface area (Å²) in [5.74, 6) is 1.46. The highest BCUT2D eigenvalue weighted by molar-refractivity contribution is 5.89. The number of fused-ring (bicyclic) bond motifs is 1. The fraction of sp³-hybridized carbons (Fsp3) is 0.0455. The molecule has 0 radical (unpaired) electrons. The van der Waals surface area contributed by atoms with Crippen LogP contribution in [0.1, 0.15) is 5.69 Å². The van der Waals surface area contributed by atoms with Gasteiger partial charge in [0.25, 0.3) is 0 Å². The van der Waals surface area contributed by atoms with Gasteiger partial charge in [0.1, 0.15) is 24.3 Å². The Morgan fingerprint density at radius 1 is 0.767 bits per heavy atom. The lowest BCUT2D eigenvalue weighted by atomic mass is 10.2. The molecule has 0 fully saturated rings. The SMILES string of the molecule is Cc1cc(Nc2ccc(Nc3ncnc4c3cnn4-c3ccccc3)cc2)ncn1. The van der Waals surface area contributed by atoms with Gasteiger partial charge < -0.3 is 10.6 Å². The number of rotatable bonds is 5. The number of nitrogens with zero attached hydrogens (tertiary/aromatic N) is 6. The van der Waals surface area contributed by atoms with Crippen LogP contribution in [-0.4, -0.2) is 29.7 Å². The number of hydrogen-bond donors (Lipinski definition) is 2. The minimum atomic E-state index is 0.703. The Bertz CT molecular complexity index is 1300. The van der Waals surface area contributed by atoms with E-state index < -0.39 is 0 Å². The van der Waals surface area contributed by atoms with E-state index in [-0.39, 0.29) is 0 Å². The van der Waals surface area contributed by atoms with Crippen LogP contribution in [-0.2, 0) is 0 Å². The van der Waals surface area contributed by atoms with Crippen LogP contribution in [0.3, 0.4) is 0 Å². The minimum Gasteiger partial charge on any atom is -0.340 e. The van der Waals surface area contributed by atoms with Crippen molar-refractivity contribution in [2.45, 2.75) is 6.92 Å². The van der Waals surface area contributed by atoms with E-state index in [0.29, 0.717) is 5.82 Å². The maximum Gasteiger partial charge on any atom is 0.168 e. The molecule has 0 atom stereocenters. The van der Waals surface area contributed by atoms with Crippen molar-refractivity contribution in [1.82, 2.24) is 29.7 Å². The average molecular weight is 394 g/mol. The van der Waals surface area contributed by atoms with Crippen molar-refractivity contribution < 1.29 is 0 Å². The molecule has 3 aromatic heterocycles. The molecular weight excluding hydrogens is 376 g/mol. The Balaban J connectivity index is 1.39. The Kier molecular flexibility index (Phi) is 4.49. The van der Waals surface area contributed by atoms with E-state index in [1.165, 1.54) is 0 Å². The molecule has 0 bridgehead atoms. The summed E-state index contributed by atoms with van der Waals surface area (Å²) in [7, 11) is 0. The highest BCUT2D eigenvalue weighted by atomic mass is 15.3. The van der Waals surface area contributed by atoms with Crippen LogP contribution in [0.5, 0.6) is 0 Å². The second-order valence-corrected chi connectivity index (χ2v) is 6.72. The summed E-state index contributed by atoms with van der Waals surface area (Å²) in [4.78, 5) is 17.1. The van der Waals surface area contributed by atoms with Gasteiger partial charge in [-0.2, -0.15) is 5.10 Å². The summed E-state index contributed by atoms with van der Waals surface area (Å²) < 4.78 is 1.80. The first-order valence-electron chi connectivity index (χ1n) is 9.43. The molecule has 0 saturated carbocycles. The van der Waals surface area contributed by atoms with E-state index in [1.807, 2.05) is 67.6 Å². The zero-order valence-corrected chi connectivity index (χ0v) is 16.2. The molecule has 2 N–H and O–H groups in total. The fourth-order valence-electron chi connectivity index (χ4n) is 3.15. The maximum absolute atomic E-state index is 4.49. The normalized spacial score (nSPS) is 10.8. The molecule has 5 aromatic rings. The molecule has 30 heavy (non-hydrogen) atoms. The molecule has 146 valence electrons. The monoisotopic (exact) mass is 394 g/mol. The van der Waals surface area contributed by atoms with Gasteiger partial charge in [0, 0.05) is 23.1 Å². The zero-order valence-electron chi connectivity index (χ0n) is 16.2. The number of hydrogen-bond acceptors (Lipinski definition) is 7. The van der Waals surface area contributed by atoms with Crippen LogP contribution in [0.15, 0.2) is 79.5 Å². The summed E-state index contributed by atoms with van der Waals surface area (Å²) in [5, 5.41) is 12.0. The van der Waals surface area contributed by atoms with Crippen LogP contribution in [0.4, 0.5) is 23.0 Å². The lowest BCUT2D eigenvalue weighted by molar-refractivity contribution is 0.895. The molecule has 0 aliphatic rings. The van der Waals surface area contributed by atoms with Gasteiger partial charge in [-0.05, 0) is 43.3 Å². The second kappa shape index (κ2) is 7.59. The summed E-state index contributed by atoms with van der Waals surface area (Å²) in [6.45, 7) is 1.93. The highest BCUT2D eigenvalue weighted by Crippen LogP contribution is 2.25. The van der Waals surface area contributed by atoms with Gasteiger partial charge in [-0.1, -0.05) is 18.2 Å². The van der Waals surface area contributed by atoms with E-state index >= 15 is 0 Å². The van der Waals surface area contributed by atoms with Gasteiger partial charge in [-0.25, -0.2) is 24.6 Å². The number of nitrogens with one attached hydrogen (secondary N) is 2.